The van der Waals surface area contributed by atoms with Gasteiger partial charge >= 0.3 is 0 Å². The van der Waals surface area contributed by atoms with Crippen molar-refractivity contribution in [2.24, 2.45) is 0 Å². The molecule has 1 unspecified atom stereocenters. The van der Waals surface area contributed by atoms with E-state index in [1.165, 1.54) is 0 Å². The summed E-state index contributed by atoms with van der Waals surface area (Å²) in [6.07, 6.45) is 2.12. The van der Waals surface area contributed by atoms with Gasteiger partial charge < -0.3 is 4.74 Å². The summed E-state index contributed by atoms with van der Waals surface area (Å²) in [4.78, 5) is 13.6. The Labute approximate surface area is 86.4 Å². The van der Waals surface area contributed by atoms with E-state index in [2.05, 4.69) is 11.8 Å². The van der Waals surface area contributed by atoms with E-state index in [0.29, 0.717) is 6.04 Å². The molecule has 0 bridgehead atoms. The van der Waals surface area contributed by atoms with Gasteiger partial charge in [-0.1, -0.05) is 6.92 Å². The fourth-order valence-corrected chi connectivity index (χ4v) is 2.10. The highest BCUT2D eigenvalue weighted by Crippen LogP contribution is 2.17. The minimum atomic E-state index is 0.0584. The molecule has 3 heteroatoms. The van der Waals surface area contributed by atoms with E-state index in [0.717, 1.165) is 32.6 Å². The molecule has 0 aromatic rings. The fourth-order valence-electron chi connectivity index (χ4n) is 2.10. The smallest absolute Gasteiger partial charge is 0.146 e. The molecule has 1 rings (SSSR count). The van der Waals surface area contributed by atoms with Crippen LogP contribution in [0.2, 0.25) is 0 Å². The van der Waals surface area contributed by atoms with Gasteiger partial charge in [0, 0.05) is 19.3 Å². The van der Waals surface area contributed by atoms with E-state index in [1.807, 2.05) is 6.92 Å². The largest absolute Gasteiger partial charge is 0.381 e. The van der Waals surface area contributed by atoms with Gasteiger partial charge in [-0.2, -0.15) is 0 Å². The van der Waals surface area contributed by atoms with Crippen LogP contribution in [0.1, 0.15) is 33.6 Å². The standard InChI is InChI=1S/C11H21NO2/c1-4-12(9(2)10(3)13)11-5-7-14-8-6-11/h9,11H,4-8H2,1-3H3. The maximum absolute atomic E-state index is 11.3. The highest BCUT2D eigenvalue weighted by Gasteiger charge is 2.26. The van der Waals surface area contributed by atoms with Gasteiger partial charge in [0.05, 0.1) is 6.04 Å². The van der Waals surface area contributed by atoms with Gasteiger partial charge in [0.25, 0.3) is 0 Å². The van der Waals surface area contributed by atoms with Crippen molar-refractivity contribution in [1.82, 2.24) is 4.90 Å². The van der Waals surface area contributed by atoms with Crippen LogP contribution in [-0.4, -0.2) is 42.5 Å². The number of ether oxygens (including phenoxy) is 1. The zero-order valence-corrected chi connectivity index (χ0v) is 9.45. The summed E-state index contributed by atoms with van der Waals surface area (Å²) in [6, 6.07) is 0.593. The Kier molecular flexibility index (Phi) is 4.55. The summed E-state index contributed by atoms with van der Waals surface area (Å²) in [5.74, 6) is 0.262. The minimum absolute atomic E-state index is 0.0584. The number of likely N-dealkylation sites (N-methyl/N-ethyl adjacent to an activating group) is 1. The van der Waals surface area contributed by atoms with E-state index in [9.17, 15) is 4.79 Å². The molecular formula is C11H21NO2. The van der Waals surface area contributed by atoms with Gasteiger partial charge in [-0.3, -0.25) is 9.69 Å². The van der Waals surface area contributed by atoms with Gasteiger partial charge in [0.15, 0.2) is 0 Å². The molecule has 0 aliphatic carbocycles. The molecule has 0 aromatic carbocycles. The maximum atomic E-state index is 11.3. The Hall–Kier alpha value is -0.410. The van der Waals surface area contributed by atoms with Crippen LogP contribution in [0.25, 0.3) is 0 Å². The van der Waals surface area contributed by atoms with Crippen molar-refractivity contribution >= 4 is 5.78 Å². The van der Waals surface area contributed by atoms with Crippen LogP contribution >= 0.6 is 0 Å². The second-order valence-corrected chi connectivity index (χ2v) is 3.96. The Balaban J connectivity index is 2.55. The first-order chi connectivity index (χ1) is 6.66. The first kappa shape index (κ1) is 11.7. The lowest BCUT2D eigenvalue weighted by molar-refractivity contribution is -0.123. The third kappa shape index (κ3) is 2.79. The number of Topliss-reactive ketones (excluding diaryl/α,β-unsaturated/α-hetero) is 1. The normalized spacial score (nSPS) is 21.1. The molecule has 1 aliphatic rings. The minimum Gasteiger partial charge on any atom is -0.381 e. The average molecular weight is 199 g/mol. The monoisotopic (exact) mass is 199 g/mol. The molecule has 0 radical (unpaired) electrons. The van der Waals surface area contributed by atoms with Crippen LogP contribution in [-0.2, 0) is 9.53 Å². The topological polar surface area (TPSA) is 29.5 Å². The van der Waals surface area contributed by atoms with Crippen molar-refractivity contribution in [3.8, 4) is 0 Å². The molecule has 0 N–H and O–H groups in total. The predicted octanol–water partition coefficient (Wildman–Crippen LogP) is 1.46. The van der Waals surface area contributed by atoms with Crippen molar-refractivity contribution in [2.45, 2.75) is 45.7 Å². The van der Waals surface area contributed by atoms with Crippen LogP contribution in [0.15, 0.2) is 0 Å². The number of carbonyl (C=O) groups excluding carboxylic acids is 1. The third-order valence-electron chi connectivity index (χ3n) is 3.11. The third-order valence-corrected chi connectivity index (χ3v) is 3.11. The quantitative estimate of drug-likeness (QED) is 0.686. The number of ketones is 1. The molecular weight excluding hydrogens is 178 g/mol. The van der Waals surface area contributed by atoms with Crippen molar-refractivity contribution < 1.29 is 9.53 Å². The zero-order valence-electron chi connectivity index (χ0n) is 9.45. The molecule has 0 saturated carbocycles. The molecule has 1 saturated heterocycles. The number of rotatable bonds is 4. The highest BCUT2D eigenvalue weighted by molar-refractivity contribution is 5.80. The SMILES string of the molecule is CCN(C1CCOCC1)C(C)C(C)=O. The fraction of sp³-hybridized carbons (Fsp3) is 0.909. The average Bonchev–Trinajstić information content (AvgIpc) is 2.20. The Morgan fingerprint density at radius 1 is 1.50 bits per heavy atom. The molecule has 1 heterocycles. The van der Waals surface area contributed by atoms with Gasteiger partial charge in [0.2, 0.25) is 0 Å². The molecule has 0 aromatic heterocycles. The zero-order chi connectivity index (χ0) is 10.6. The number of hydrogen-bond acceptors (Lipinski definition) is 3. The second-order valence-electron chi connectivity index (χ2n) is 3.96. The second kappa shape index (κ2) is 5.47. The Bertz CT molecular complexity index is 188. The molecule has 14 heavy (non-hydrogen) atoms. The van der Waals surface area contributed by atoms with Gasteiger partial charge in [0.1, 0.15) is 5.78 Å². The Morgan fingerprint density at radius 3 is 2.50 bits per heavy atom. The Morgan fingerprint density at radius 2 is 2.07 bits per heavy atom. The van der Waals surface area contributed by atoms with Crippen LogP contribution < -0.4 is 0 Å². The number of carbonyl (C=O) groups is 1. The number of nitrogens with zero attached hydrogens (tertiary/aromatic N) is 1. The van der Waals surface area contributed by atoms with Crippen molar-refractivity contribution in [3.63, 3.8) is 0 Å². The van der Waals surface area contributed by atoms with Crippen LogP contribution in [0, 0.1) is 0 Å². The van der Waals surface area contributed by atoms with Crippen molar-refractivity contribution in [1.29, 1.82) is 0 Å². The lowest BCUT2D eigenvalue weighted by Crippen LogP contribution is -2.47. The van der Waals surface area contributed by atoms with E-state index in [1.54, 1.807) is 6.92 Å². The summed E-state index contributed by atoms with van der Waals surface area (Å²) < 4.78 is 5.32. The van der Waals surface area contributed by atoms with E-state index in [-0.39, 0.29) is 11.8 Å². The predicted molar refractivity (Wildman–Crippen MR) is 56.4 cm³/mol. The first-order valence-corrected chi connectivity index (χ1v) is 5.50. The molecule has 1 fully saturated rings. The number of hydrogen-bond donors (Lipinski definition) is 0. The lowest BCUT2D eigenvalue weighted by atomic mass is 10.0. The van der Waals surface area contributed by atoms with Gasteiger partial charge in [-0.25, -0.2) is 0 Å². The maximum Gasteiger partial charge on any atom is 0.146 e. The molecule has 0 amide bonds. The molecule has 82 valence electrons. The van der Waals surface area contributed by atoms with Crippen LogP contribution in [0.5, 0.6) is 0 Å². The first-order valence-electron chi connectivity index (χ1n) is 5.50. The van der Waals surface area contributed by atoms with E-state index >= 15 is 0 Å². The highest BCUT2D eigenvalue weighted by atomic mass is 16.5. The van der Waals surface area contributed by atoms with E-state index in [4.69, 9.17) is 4.74 Å². The molecule has 1 aliphatic heterocycles. The molecule has 3 nitrogen and oxygen atoms in total. The van der Waals surface area contributed by atoms with Gasteiger partial charge in [-0.05, 0) is 33.2 Å². The summed E-state index contributed by atoms with van der Waals surface area (Å²) in [5.41, 5.74) is 0. The van der Waals surface area contributed by atoms with Crippen LogP contribution in [0.3, 0.4) is 0 Å². The summed E-state index contributed by atoms with van der Waals surface area (Å²) in [7, 11) is 0. The van der Waals surface area contributed by atoms with E-state index < -0.39 is 0 Å². The summed E-state index contributed by atoms with van der Waals surface area (Å²) in [6.45, 7) is 8.42. The molecule has 0 spiro atoms. The van der Waals surface area contributed by atoms with Crippen LogP contribution in [0.4, 0.5) is 0 Å². The van der Waals surface area contributed by atoms with Crippen molar-refractivity contribution in [3.05, 3.63) is 0 Å². The summed E-state index contributed by atoms with van der Waals surface area (Å²) >= 11 is 0. The molecule has 1 atom stereocenters. The lowest BCUT2D eigenvalue weighted by Gasteiger charge is -2.36. The van der Waals surface area contributed by atoms with Crippen molar-refractivity contribution in [2.75, 3.05) is 19.8 Å². The van der Waals surface area contributed by atoms with Gasteiger partial charge in [-0.15, -0.1) is 0 Å². The summed E-state index contributed by atoms with van der Waals surface area (Å²) in [5, 5.41) is 0.